The van der Waals surface area contributed by atoms with Crippen LogP contribution in [0.3, 0.4) is 0 Å². The van der Waals surface area contributed by atoms with Crippen molar-refractivity contribution in [3.8, 4) is 0 Å². The Morgan fingerprint density at radius 3 is 2.48 bits per heavy atom. The van der Waals surface area contributed by atoms with E-state index in [2.05, 4.69) is 36.6 Å². The summed E-state index contributed by atoms with van der Waals surface area (Å²) in [5.41, 5.74) is 2.33. The van der Waals surface area contributed by atoms with Crippen LogP contribution < -0.4 is 10.6 Å². The van der Waals surface area contributed by atoms with E-state index in [1.165, 1.54) is 18.4 Å². The first-order valence-corrected chi connectivity index (χ1v) is 8.18. The topological polar surface area (TPSA) is 41.1 Å². The fraction of sp³-hybridized carbons (Fsp3) is 0.611. The minimum Gasteiger partial charge on any atom is -0.326 e. The lowest BCUT2D eigenvalue weighted by molar-refractivity contribution is -0.122. The largest absolute Gasteiger partial charge is 0.326 e. The highest BCUT2D eigenvalue weighted by molar-refractivity contribution is 5.93. The van der Waals surface area contributed by atoms with Crippen LogP contribution in [-0.2, 0) is 11.3 Å². The van der Waals surface area contributed by atoms with E-state index in [0.29, 0.717) is 0 Å². The minimum absolute atomic E-state index is 0.137. The lowest BCUT2D eigenvalue weighted by atomic mass is 9.81. The second-order valence-electron chi connectivity index (χ2n) is 7.27. The van der Waals surface area contributed by atoms with Crippen LogP contribution in [0.2, 0.25) is 0 Å². The van der Waals surface area contributed by atoms with Gasteiger partial charge in [0.15, 0.2) is 0 Å². The van der Waals surface area contributed by atoms with E-state index in [-0.39, 0.29) is 17.2 Å². The standard InChI is InChI=1S/C18H26N2O/c1-18(2)11-3-4-16(18)17(21)20-15-7-5-13(6-8-15)12-19-14-9-10-14/h5-8,14,16,19H,3-4,9-12H2,1-2H3,(H,20,21). The third-order valence-corrected chi connectivity index (χ3v) is 4.97. The quantitative estimate of drug-likeness (QED) is 0.866. The summed E-state index contributed by atoms with van der Waals surface area (Å²) in [4.78, 5) is 12.4. The molecule has 2 N–H and O–H groups in total. The number of amides is 1. The average Bonchev–Trinajstić information content (AvgIpc) is 3.20. The Hall–Kier alpha value is -1.35. The third-order valence-electron chi connectivity index (χ3n) is 4.97. The molecule has 3 heteroatoms. The zero-order valence-electron chi connectivity index (χ0n) is 13.1. The first-order valence-electron chi connectivity index (χ1n) is 8.18. The van der Waals surface area contributed by atoms with Crippen molar-refractivity contribution < 1.29 is 4.79 Å². The van der Waals surface area contributed by atoms with Crippen LogP contribution >= 0.6 is 0 Å². The Morgan fingerprint density at radius 1 is 1.19 bits per heavy atom. The van der Waals surface area contributed by atoms with Gasteiger partial charge in [-0.1, -0.05) is 32.4 Å². The molecule has 2 aliphatic carbocycles. The molecule has 1 unspecified atom stereocenters. The van der Waals surface area contributed by atoms with E-state index < -0.39 is 0 Å². The predicted octanol–water partition coefficient (Wildman–Crippen LogP) is 3.70. The maximum absolute atomic E-state index is 12.4. The first-order chi connectivity index (χ1) is 10.0. The molecular formula is C18H26N2O. The Balaban J connectivity index is 1.55. The molecular weight excluding hydrogens is 260 g/mol. The van der Waals surface area contributed by atoms with Crippen molar-refractivity contribution in [2.75, 3.05) is 5.32 Å². The van der Waals surface area contributed by atoms with Gasteiger partial charge >= 0.3 is 0 Å². The number of benzene rings is 1. The molecule has 2 fully saturated rings. The molecule has 0 aliphatic heterocycles. The number of anilines is 1. The van der Waals surface area contributed by atoms with Crippen molar-refractivity contribution in [3.05, 3.63) is 29.8 Å². The van der Waals surface area contributed by atoms with Gasteiger partial charge in [-0.15, -0.1) is 0 Å². The number of carbonyl (C=O) groups is 1. The summed E-state index contributed by atoms with van der Waals surface area (Å²) >= 11 is 0. The van der Waals surface area contributed by atoms with Gasteiger partial charge in [0.25, 0.3) is 0 Å². The normalized spacial score (nSPS) is 24.0. The van der Waals surface area contributed by atoms with Crippen molar-refractivity contribution in [2.24, 2.45) is 11.3 Å². The number of nitrogens with one attached hydrogen (secondary N) is 2. The van der Waals surface area contributed by atoms with Crippen LogP contribution in [0, 0.1) is 11.3 Å². The molecule has 2 saturated carbocycles. The summed E-state index contributed by atoms with van der Waals surface area (Å²) in [5, 5.41) is 6.59. The molecule has 1 aromatic carbocycles. The van der Waals surface area contributed by atoms with Gasteiger partial charge in [0.05, 0.1) is 0 Å². The Bertz CT molecular complexity index is 502. The highest BCUT2D eigenvalue weighted by atomic mass is 16.1. The highest BCUT2D eigenvalue weighted by Gasteiger charge is 2.39. The maximum atomic E-state index is 12.4. The van der Waals surface area contributed by atoms with Crippen molar-refractivity contribution in [3.63, 3.8) is 0 Å². The molecule has 0 saturated heterocycles. The second kappa shape index (κ2) is 5.80. The third kappa shape index (κ3) is 3.65. The zero-order valence-corrected chi connectivity index (χ0v) is 13.1. The molecule has 2 aliphatic rings. The zero-order chi connectivity index (χ0) is 14.9. The van der Waals surface area contributed by atoms with Crippen LogP contribution in [0.15, 0.2) is 24.3 Å². The van der Waals surface area contributed by atoms with Crippen molar-refractivity contribution in [1.29, 1.82) is 0 Å². The fourth-order valence-corrected chi connectivity index (χ4v) is 3.30. The molecule has 3 rings (SSSR count). The van der Waals surface area contributed by atoms with E-state index in [1.807, 2.05) is 12.1 Å². The molecule has 21 heavy (non-hydrogen) atoms. The van der Waals surface area contributed by atoms with Gasteiger partial charge in [0.1, 0.15) is 0 Å². The molecule has 0 spiro atoms. The molecule has 1 atom stereocenters. The van der Waals surface area contributed by atoms with Crippen molar-refractivity contribution >= 4 is 11.6 Å². The summed E-state index contributed by atoms with van der Waals surface area (Å²) in [5.74, 6) is 0.329. The summed E-state index contributed by atoms with van der Waals surface area (Å²) in [6, 6.07) is 8.97. The van der Waals surface area contributed by atoms with Crippen LogP contribution in [-0.4, -0.2) is 11.9 Å². The molecule has 0 heterocycles. The Morgan fingerprint density at radius 2 is 1.90 bits per heavy atom. The maximum Gasteiger partial charge on any atom is 0.228 e. The van der Waals surface area contributed by atoms with E-state index in [9.17, 15) is 4.79 Å². The number of rotatable bonds is 5. The van der Waals surface area contributed by atoms with Gasteiger partial charge < -0.3 is 10.6 Å². The number of carbonyl (C=O) groups excluding carboxylic acids is 1. The first kappa shape index (κ1) is 14.6. The van der Waals surface area contributed by atoms with Gasteiger partial charge in [-0.25, -0.2) is 0 Å². The van der Waals surface area contributed by atoms with E-state index >= 15 is 0 Å². The molecule has 1 amide bonds. The van der Waals surface area contributed by atoms with Crippen molar-refractivity contribution in [1.82, 2.24) is 5.32 Å². The van der Waals surface area contributed by atoms with Crippen LogP contribution in [0.5, 0.6) is 0 Å². The molecule has 0 aromatic heterocycles. The lowest BCUT2D eigenvalue weighted by Crippen LogP contribution is -2.30. The summed E-state index contributed by atoms with van der Waals surface area (Å²) in [6.07, 6.45) is 5.95. The SMILES string of the molecule is CC1(C)CCCC1C(=O)Nc1ccc(CNC2CC2)cc1. The smallest absolute Gasteiger partial charge is 0.228 e. The van der Waals surface area contributed by atoms with E-state index in [1.54, 1.807) is 0 Å². The van der Waals surface area contributed by atoms with Crippen molar-refractivity contribution in [2.45, 2.75) is 58.5 Å². The molecule has 3 nitrogen and oxygen atoms in total. The predicted molar refractivity (Wildman–Crippen MR) is 86.1 cm³/mol. The molecule has 1 aromatic rings. The Labute approximate surface area is 127 Å². The summed E-state index contributed by atoms with van der Waals surface area (Å²) in [6.45, 7) is 5.34. The summed E-state index contributed by atoms with van der Waals surface area (Å²) < 4.78 is 0. The van der Waals surface area contributed by atoms with Gasteiger partial charge in [-0.2, -0.15) is 0 Å². The number of hydrogen-bond acceptors (Lipinski definition) is 2. The van der Waals surface area contributed by atoms with Gasteiger partial charge in [-0.05, 0) is 48.8 Å². The van der Waals surface area contributed by atoms with E-state index in [0.717, 1.165) is 37.5 Å². The monoisotopic (exact) mass is 286 g/mol. The van der Waals surface area contributed by atoms with Gasteiger partial charge in [0, 0.05) is 24.2 Å². The van der Waals surface area contributed by atoms with Gasteiger partial charge in [-0.3, -0.25) is 4.79 Å². The molecule has 0 radical (unpaired) electrons. The minimum atomic E-state index is 0.137. The molecule has 0 bridgehead atoms. The van der Waals surface area contributed by atoms with Crippen LogP contribution in [0.4, 0.5) is 5.69 Å². The molecule has 114 valence electrons. The number of hydrogen-bond donors (Lipinski definition) is 2. The van der Waals surface area contributed by atoms with Crippen LogP contribution in [0.25, 0.3) is 0 Å². The van der Waals surface area contributed by atoms with E-state index in [4.69, 9.17) is 0 Å². The Kier molecular flexibility index (Phi) is 4.03. The van der Waals surface area contributed by atoms with Gasteiger partial charge in [0.2, 0.25) is 5.91 Å². The highest BCUT2D eigenvalue weighted by Crippen LogP contribution is 2.43. The fourth-order valence-electron chi connectivity index (χ4n) is 3.30. The second-order valence-corrected chi connectivity index (χ2v) is 7.27. The summed E-state index contributed by atoms with van der Waals surface area (Å²) in [7, 11) is 0. The average molecular weight is 286 g/mol. The van der Waals surface area contributed by atoms with Crippen LogP contribution in [0.1, 0.15) is 51.5 Å². The lowest BCUT2D eigenvalue weighted by Gasteiger charge is -2.25.